The Morgan fingerprint density at radius 2 is 2.35 bits per heavy atom. The van der Waals surface area contributed by atoms with Gasteiger partial charge in [-0.05, 0) is 5.92 Å². The van der Waals surface area contributed by atoms with E-state index in [-0.39, 0.29) is 0 Å². The van der Waals surface area contributed by atoms with Crippen molar-refractivity contribution in [1.82, 2.24) is 14.9 Å². The fraction of sp³-hybridized carbons (Fsp3) is 0.545. The van der Waals surface area contributed by atoms with Crippen molar-refractivity contribution in [3.8, 4) is 5.88 Å². The van der Waals surface area contributed by atoms with Crippen LogP contribution in [0, 0.1) is 5.92 Å². The van der Waals surface area contributed by atoms with Crippen molar-refractivity contribution in [2.45, 2.75) is 20.4 Å². The van der Waals surface area contributed by atoms with Crippen molar-refractivity contribution in [1.29, 1.82) is 0 Å². The van der Waals surface area contributed by atoms with Crippen LogP contribution < -0.4 is 10.2 Å². The van der Waals surface area contributed by atoms with Crippen molar-refractivity contribution in [3.05, 3.63) is 17.3 Å². The van der Waals surface area contributed by atoms with Gasteiger partial charge in [-0.15, -0.1) is 11.3 Å². The van der Waals surface area contributed by atoms with E-state index in [1.54, 1.807) is 18.4 Å². The molecule has 2 aromatic heterocycles. The molecule has 0 aromatic carbocycles. The molecule has 0 radical (unpaired) electrons. The van der Waals surface area contributed by atoms with Crippen LogP contribution in [0.25, 0.3) is 4.96 Å². The lowest BCUT2D eigenvalue weighted by Crippen LogP contribution is -2.18. The monoisotopic (exact) mass is 255 g/mol. The van der Waals surface area contributed by atoms with Crippen LogP contribution in [0.2, 0.25) is 0 Å². The second-order valence-electron chi connectivity index (χ2n) is 4.15. The topological polar surface area (TPSA) is 47.8 Å². The number of nitrogens with one attached hydrogen (secondary N) is 1. The lowest BCUT2D eigenvalue weighted by molar-refractivity contribution is 0.0186. The van der Waals surface area contributed by atoms with Crippen LogP contribution in [0.5, 0.6) is 5.88 Å². The predicted octanol–water partition coefficient (Wildman–Crippen LogP) is 2.08. The number of ether oxygens (including phenoxy) is 1. The molecule has 0 spiro atoms. The standard InChI is InChI=1S/C11H17N3O2S/c1-8(2)7-16-12-6-9-10(15-3)13-11-14(9)4-5-17-11/h4-5,8,12H,6-7H2,1-3H3. The minimum absolute atomic E-state index is 0.510. The Kier molecular flexibility index (Phi) is 3.98. The lowest BCUT2D eigenvalue weighted by atomic mass is 10.2. The zero-order valence-electron chi connectivity index (χ0n) is 10.3. The zero-order valence-corrected chi connectivity index (χ0v) is 11.1. The predicted molar refractivity (Wildman–Crippen MR) is 67.3 cm³/mol. The van der Waals surface area contributed by atoms with Crippen LogP contribution in [0.3, 0.4) is 0 Å². The van der Waals surface area contributed by atoms with E-state index in [0.29, 0.717) is 24.9 Å². The number of hydroxylamine groups is 1. The number of aromatic nitrogens is 2. The first-order valence-corrected chi connectivity index (χ1v) is 6.43. The molecule has 0 aliphatic carbocycles. The maximum Gasteiger partial charge on any atom is 0.237 e. The van der Waals surface area contributed by atoms with Crippen molar-refractivity contribution in [3.63, 3.8) is 0 Å². The van der Waals surface area contributed by atoms with Crippen molar-refractivity contribution in [2.24, 2.45) is 5.92 Å². The summed E-state index contributed by atoms with van der Waals surface area (Å²) in [5.41, 5.74) is 3.92. The van der Waals surface area contributed by atoms with E-state index in [2.05, 4.69) is 24.3 Å². The van der Waals surface area contributed by atoms with Crippen LogP contribution in [0.1, 0.15) is 19.5 Å². The third-order valence-electron chi connectivity index (χ3n) is 2.28. The van der Waals surface area contributed by atoms with Crippen LogP contribution >= 0.6 is 11.3 Å². The summed E-state index contributed by atoms with van der Waals surface area (Å²) < 4.78 is 7.26. The number of hydrogen-bond donors (Lipinski definition) is 1. The average molecular weight is 255 g/mol. The highest BCUT2D eigenvalue weighted by Crippen LogP contribution is 2.22. The molecule has 0 atom stereocenters. The second kappa shape index (κ2) is 5.48. The Morgan fingerprint density at radius 3 is 3.06 bits per heavy atom. The molecule has 1 N–H and O–H groups in total. The molecule has 94 valence electrons. The number of imidazole rings is 1. The molecule has 5 nitrogen and oxygen atoms in total. The Bertz CT molecular complexity index is 478. The molecule has 0 saturated carbocycles. The highest BCUT2D eigenvalue weighted by molar-refractivity contribution is 7.15. The Balaban J connectivity index is 2.03. The maximum absolute atomic E-state index is 5.35. The number of methoxy groups -OCH3 is 1. The van der Waals surface area contributed by atoms with E-state index in [9.17, 15) is 0 Å². The first-order chi connectivity index (χ1) is 8.22. The van der Waals surface area contributed by atoms with Crippen molar-refractivity contribution < 1.29 is 9.57 Å². The molecule has 0 fully saturated rings. The summed E-state index contributed by atoms with van der Waals surface area (Å²) >= 11 is 1.59. The molecule has 0 aliphatic rings. The van der Waals surface area contributed by atoms with E-state index in [4.69, 9.17) is 9.57 Å². The fourth-order valence-electron chi connectivity index (χ4n) is 1.48. The van der Waals surface area contributed by atoms with Gasteiger partial charge < -0.3 is 9.57 Å². The largest absolute Gasteiger partial charge is 0.480 e. The highest BCUT2D eigenvalue weighted by atomic mass is 32.1. The van der Waals surface area contributed by atoms with Gasteiger partial charge in [0.15, 0.2) is 4.96 Å². The normalized spacial score (nSPS) is 11.5. The summed E-state index contributed by atoms with van der Waals surface area (Å²) in [6.07, 6.45) is 1.98. The van der Waals surface area contributed by atoms with Gasteiger partial charge in [-0.25, -0.2) is 0 Å². The SMILES string of the molecule is COc1nc2sccn2c1CNOCC(C)C. The van der Waals surface area contributed by atoms with Crippen LogP contribution in [-0.2, 0) is 11.4 Å². The van der Waals surface area contributed by atoms with E-state index in [0.717, 1.165) is 10.7 Å². The van der Waals surface area contributed by atoms with Gasteiger partial charge in [-0.1, -0.05) is 13.8 Å². The molecule has 0 amide bonds. The average Bonchev–Trinajstić information content (AvgIpc) is 2.84. The first-order valence-electron chi connectivity index (χ1n) is 5.55. The van der Waals surface area contributed by atoms with E-state index < -0.39 is 0 Å². The molecule has 17 heavy (non-hydrogen) atoms. The summed E-state index contributed by atoms with van der Waals surface area (Å²) in [5.74, 6) is 1.16. The maximum atomic E-state index is 5.35. The van der Waals surface area contributed by atoms with Gasteiger partial charge in [0.05, 0.1) is 20.3 Å². The van der Waals surface area contributed by atoms with E-state index in [1.165, 1.54) is 0 Å². The molecular formula is C11H17N3O2S. The van der Waals surface area contributed by atoms with Gasteiger partial charge in [0.25, 0.3) is 0 Å². The van der Waals surface area contributed by atoms with Crippen LogP contribution in [0.4, 0.5) is 0 Å². The molecule has 0 saturated heterocycles. The Morgan fingerprint density at radius 1 is 1.53 bits per heavy atom. The number of rotatable bonds is 6. The van der Waals surface area contributed by atoms with Gasteiger partial charge in [-0.3, -0.25) is 4.40 Å². The number of thiazole rings is 1. The van der Waals surface area contributed by atoms with Crippen molar-refractivity contribution in [2.75, 3.05) is 13.7 Å². The summed E-state index contributed by atoms with van der Waals surface area (Å²) in [6, 6.07) is 0. The van der Waals surface area contributed by atoms with E-state index >= 15 is 0 Å². The molecule has 2 heterocycles. The third kappa shape index (κ3) is 2.77. The van der Waals surface area contributed by atoms with Crippen LogP contribution in [-0.4, -0.2) is 23.1 Å². The van der Waals surface area contributed by atoms with Crippen molar-refractivity contribution >= 4 is 16.3 Å². The molecule has 2 aromatic rings. The minimum Gasteiger partial charge on any atom is -0.480 e. The number of nitrogens with zero attached hydrogens (tertiary/aromatic N) is 2. The summed E-state index contributed by atoms with van der Waals surface area (Å²) in [5, 5.41) is 2.00. The molecule has 0 bridgehead atoms. The quantitative estimate of drug-likeness (QED) is 0.634. The molecule has 2 rings (SSSR count). The molecule has 0 aliphatic heterocycles. The summed E-state index contributed by atoms with van der Waals surface area (Å²) in [7, 11) is 1.63. The fourth-order valence-corrected chi connectivity index (χ4v) is 2.21. The number of hydrogen-bond acceptors (Lipinski definition) is 5. The van der Waals surface area contributed by atoms with Gasteiger partial charge in [0.1, 0.15) is 5.69 Å². The number of fused-ring (bicyclic) bond motifs is 1. The van der Waals surface area contributed by atoms with Gasteiger partial charge in [0, 0.05) is 11.6 Å². The summed E-state index contributed by atoms with van der Waals surface area (Å²) in [6.45, 7) is 5.48. The summed E-state index contributed by atoms with van der Waals surface area (Å²) in [4.78, 5) is 10.7. The molecular weight excluding hydrogens is 238 g/mol. The molecule has 0 unspecified atom stereocenters. The Hall–Kier alpha value is -1.11. The lowest BCUT2D eigenvalue weighted by Gasteiger charge is -2.08. The zero-order chi connectivity index (χ0) is 12.3. The second-order valence-corrected chi connectivity index (χ2v) is 5.02. The van der Waals surface area contributed by atoms with E-state index in [1.807, 2.05) is 16.0 Å². The van der Waals surface area contributed by atoms with Crippen LogP contribution in [0.15, 0.2) is 11.6 Å². The Labute approximate surface area is 104 Å². The highest BCUT2D eigenvalue weighted by Gasteiger charge is 2.13. The smallest absolute Gasteiger partial charge is 0.237 e. The first kappa shape index (κ1) is 12.3. The van der Waals surface area contributed by atoms with Gasteiger partial charge >= 0.3 is 0 Å². The van der Waals surface area contributed by atoms with Gasteiger partial charge in [0.2, 0.25) is 5.88 Å². The molecule has 6 heteroatoms. The van der Waals surface area contributed by atoms with Gasteiger partial charge in [-0.2, -0.15) is 10.5 Å². The minimum atomic E-state index is 0.510. The third-order valence-corrected chi connectivity index (χ3v) is 3.03.